The van der Waals surface area contributed by atoms with Crippen LogP contribution in [0.5, 0.6) is 5.75 Å². The molecule has 3 aliphatic rings. The number of benzene rings is 2. The number of aliphatic hydroxyl groups is 2. The fourth-order valence-corrected chi connectivity index (χ4v) is 6.56. The minimum Gasteiger partial charge on any atom is -0.497 e. The number of hydrogen-bond donors (Lipinski definition) is 2. The maximum atomic E-state index is 12.9. The second kappa shape index (κ2) is 9.80. The molecule has 2 aromatic rings. The van der Waals surface area contributed by atoms with Crippen LogP contribution in [0.15, 0.2) is 54.6 Å². The maximum Gasteiger partial charge on any atom is 0.410 e. The van der Waals surface area contributed by atoms with Gasteiger partial charge in [-0.05, 0) is 55.4 Å². The van der Waals surface area contributed by atoms with Crippen LogP contribution in [0.25, 0.3) is 0 Å². The lowest BCUT2D eigenvalue weighted by molar-refractivity contribution is -0.146. The number of aliphatic hydroxyl groups excluding tert-OH is 2. The molecule has 2 aliphatic heterocycles. The van der Waals surface area contributed by atoms with Crippen molar-refractivity contribution in [2.24, 2.45) is 5.92 Å². The van der Waals surface area contributed by atoms with Crippen molar-refractivity contribution >= 4 is 6.09 Å². The molecule has 1 amide bonds. The zero-order valence-corrected chi connectivity index (χ0v) is 20.5. The summed E-state index contributed by atoms with van der Waals surface area (Å²) >= 11 is 0. The summed E-state index contributed by atoms with van der Waals surface area (Å²) in [6.45, 7) is 0.941. The van der Waals surface area contributed by atoms with Gasteiger partial charge in [-0.15, -0.1) is 0 Å². The van der Waals surface area contributed by atoms with Gasteiger partial charge >= 0.3 is 6.09 Å². The Hall–Kier alpha value is -2.61. The van der Waals surface area contributed by atoms with Crippen molar-refractivity contribution in [3.05, 3.63) is 65.7 Å². The standard InChI is InChI=1S/C28H36N2O5/c1-29(27(33)35-18-20-6-4-3-5-7-20)21-15-28-13-12-25(31)23(16-28)26(32)24(30(28)17-21)14-19-8-10-22(34-2)11-9-19/h3-11,21,23-26,31-32H,12-18H2,1-2H3/t21-,23?,24?,25?,26?,28?/m0/s1. The molecule has 5 rings (SSSR count). The van der Waals surface area contributed by atoms with Crippen LogP contribution < -0.4 is 4.74 Å². The number of likely N-dealkylation sites (N-methyl/N-ethyl adjacent to an activating group) is 1. The number of nitrogens with zero attached hydrogens (tertiary/aromatic N) is 2. The summed E-state index contributed by atoms with van der Waals surface area (Å²) in [5.41, 5.74) is 1.97. The zero-order chi connectivity index (χ0) is 24.6. The number of amides is 1. The van der Waals surface area contributed by atoms with E-state index in [1.54, 1.807) is 12.0 Å². The van der Waals surface area contributed by atoms with Crippen LogP contribution in [-0.2, 0) is 17.8 Å². The van der Waals surface area contributed by atoms with Crippen molar-refractivity contribution in [3.8, 4) is 5.75 Å². The Morgan fingerprint density at radius 2 is 1.83 bits per heavy atom. The van der Waals surface area contributed by atoms with Gasteiger partial charge in [-0.3, -0.25) is 4.90 Å². The molecule has 1 aliphatic carbocycles. The van der Waals surface area contributed by atoms with Gasteiger partial charge < -0.3 is 24.6 Å². The van der Waals surface area contributed by atoms with E-state index in [1.807, 2.05) is 61.6 Å². The number of fused-ring (bicyclic) bond motifs is 1. The van der Waals surface area contributed by atoms with E-state index in [2.05, 4.69) is 4.90 Å². The average Bonchev–Trinajstić information content (AvgIpc) is 3.26. The lowest BCUT2D eigenvalue weighted by Crippen LogP contribution is -2.66. The molecule has 188 valence electrons. The summed E-state index contributed by atoms with van der Waals surface area (Å²) in [4.78, 5) is 17.1. The van der Waals surface area contributed by atoms with Crippen LogP contribution in [0, 0.1) is 5.92 Å². The molecule has 2 bridgehead atoms. The van der Waals surface area contributed by atoms with E-state index in [9.17, 15) is 15.0 Å². The van der Waals surface area contributed by atoms with Gasteiger partial charge in [0.1, 0.15) is 12.4 Å². The molecule has 6 atom stereocenters. The first-order chi connectivity index (χ1) is 16.9. The Morgan fingerprint density at radius 3 is 2.54 bits per heavy atom. The number of carbonyl (C=O) groups excluding carboxylic acids is 1. The van der Waals surface area contributed by atoms with Crippen molar-refractivity contribution in [1.82, 2.24) is 9.80 Å². The van der Waals surface area contributed by atoms with Gasteiger partial charge in [0.25, 0.3) is 0 Å². The van der Waals surface area contributed by atoms with E-state index in [-0.39, 0.29) is 36.2 Å². The summed E-state index contributed by atoms with van der Waals surface area (Å²) in [6.07, 6.45) is 2.41. The Kier molecular flexibility index (Phi) is 6.75. The topological polar surface area (TPSA) is 82.5 Å². The number of hydrogen-bond acceptors (Lipinski definition) is 6. The Bertz CT molecular complexity index is 1020. The lowest BCUT2D eigenvalue weighted by atomic mass is 9.65. The third-order valence-corrected chi connectivity index (χ3v) is 8.53. The molecule has 7 nitrogen and oxygen atoms in total. The highest BCUT2D eigenvalue weighted by Gasteiger charge is 2.59. The summed E-state index contributed by atoms with van der Waals surface area (Å²) in [5, 5.41) is 22.1. The molecular formula is C28H36N2O5. The van der Waals surface area contributed by atoms with Crippen molar-refractivity contribution < 1.29 is 24.5 Å². The van der Waals surface area contributed by atoms with Crippen LogP contribution in [-0.4, -0.2) is 76.6 Å². The molecule has 2 saturated heterocycles. The van der Waals surface area contributed by atoms with Gasteiger partial charge in [0.15, 0.2) is 0 Å². The lowest BCUT2D eigenvalue weighted by Gasteiger charge is -2.56. The predicted molar refractivity (Wildman–Crippen MR) is 132 cm³/mol. The minimum atomic E-state index is -0.616. The number of ether oxygens (including phenoxy) is 2. The van der Waals surface area contributed by atoms with Crippen molar-refractivity contribution in [2.45, 2.75) is 68.5 Å². The van der Waals surface area contributed by atoms with Gasteiger partial charge in [-0.2, -0.15) is 0 Å². The zero-order valence-electron chi connectivity index (χ0n) is 20.5. The molecule has 0 aromatic heterocycles. The van der Waals surface area contributed by atoms with Gasteiger partial charge in [-0.25, -0.2) is 4.79 Å². The summed E-state index contributed by atoms with van der Waals surface area (Å²) in [6, 6.07) is 17.6. The fourth-order valence-electron chi connectivity index (χ4n) is 6.56. The highest BCUT2D eigenvalue weighted by Crippen LogP contribution is 2.52. The minimum absolute atomic E-state index is 0.00201. The summed E-state index contributed by atoms with van der Waals surface area (Å²) < 4.78 is 10.9. The Balaban J connectivity index is 1.33. The third-order valence-electron chi connectivity index (χ3n) is 8.53. The van der Waals surface area contributed by atoms with E-state index in [4.69, 9.17) is 9.47 Å². The number of carbonyl (C=O) groups is 1. The number of methoxy groups -OCH3 is 1. The van der Waals surface area contributed by atoms with Crippen LogP contribution in [0.4, 0.5) is 4.79 Å². The van der Waals surface area contributed by atoms with Gasteiger partial charge in [0, 0.05) is 37.1 Å². The largest absolute Gasteiger partial charge is 0.497 e. The maximum absolute atomic E-state index is 12.9. The summed E-state index contributed by atoms with van der Waals surface area (Å²) in [5.74, 6) is 0.663. The summed E-state index contributed by atoms with van der Waals surface area (Å²) in [7, 11) is 3.47. The molecule has 5 unspecified atom stereocenters. The van der Waals surface area contributed by atoms with E-state index in [0.717, 1.165) is 36.1 Å². The molecule has 2 aromatic carbocycles. The monoisotopic (exact) mass is 480 g/mol. The first-order valence-electron chi connectivity index (χ1n) is 12.6. The van der Waals surface area contributed by atoms with Crippen LogP contribution >= 0.6 is 0 Å². The molecule has 3 fully saturated rings. The van der Waals surface area contributed by atoms with Crippen LogP contribution in [0.3, 0.4) is 0 Å². The normalized spacial score (nSPS) is 32.1. The van der Waals surface area contributed by atoms with E-state index < -0.39 is 12.2 Å². The first-order valence-corrected chi connectivity index (χ1v) is 12.6. The van der Waals surface area contributed by atoms with Crippen molar-refractivity contribution in [3.63, 3.8) is 0 Å². The second-order valence-corrected chi connectivity index (χ2v) is 10.5. The van der Waals surface area contributed by atoms with E-state index >= 15 is 0 Å². The van der Waals surface area contributed by atoms with Crippen LogP contribution in [0.1, 0.15) is 36.8 Å². The Morgan fingerprint density at radius 1 is 1.09 bits per heavy atom. The smallest absolute Gasteiger partial charge is 0.410 e. The second-order valence-electron chi connectivity index (χ2n) is 10.5. The SMILES string of the molecule is COc1ccc(CC2C(O)C3CC4(CCC3O)C[C@H](N(C)C(=O)OCc3ccccc3)CN24)cc1. The number of rotatable bonds is 6. The highest BCUT2D eigenvalue weighted by atomic mass is 16.6. The van der Waals surface area contributed by atoms with Gasteiger partial charge in [0.05, 0.1) is 19.3 Å². The highest BCUT2D eigenvalue weighted by molar-refractivity contribution is 5.67. The molecule has 1 spiro atoms. The first kappa shape index (κ1) is 24.1. The third kappa shape index (κ3) is 4.65. The fraction of sp³-hybridized carbons (Fsp3) is 0.536. The average molecular weight is 481 g/mol. The molecule has 7 heteroatoms. The van der Waals surface area contributed by atoms with Crippen molar-refractivity contribution in [1.29, 1.82) is 0 Å². The van der Waals surface area contributed by atoms with E-state index in [1.165, 1.54) is 0 Å². The van der Waals surface area contributed by atoms with Gasteiger partial charge in [0.2, 0.25) is 0 Å². The molecule has 1 saturated carbocycles. The predicted octanol–water partition coefficient (Wildman–Crippen LogP) is 3.22. The Labute approximate surface area is 207 Å². The van der Waals surface area contributed by atoms with Gasteiger partial charge in [-0.1, -0.05) is 42.5 Å². The quantitative estimate of drug-likeness (QED) is 0.661. The molecule has 35 heavy (non-hydrogen) atoms. The van der Waals surface area contributed by atoms with E-state index in [0.29, 0.717) is 19.4 Å². The number of piperidine rings is 1. The van der Waals surface area contributed by atoms with Crippen LogP contribution in [0.2, 0.25) is 0 Å². The molecule has 2 N–H and O–H groups in total. The molecule has 2 heterocycles. The molecular weight excluding hydrogens is 444 g/mol. The molecule has 0 radical (unpaired) electrons. The van der Waals surface area contributed by atoms with Crippen molar-refractivity contribution in [2.75, 3.05) is 20.7 Å².